The van der Waals surface area contributed by atoms with E-state index in [1.54, 1.807) is 0 Å². The van der Waals surface area contributed by atoms with E-state index in [0.717, 1.165) is 10.9 Å². The molecule has 66 valence electrons. The summed E-state index contributed by atoms with van der Waals surface area (Å²) >= 11 is 3.47. The van der Waals surface area contributed by atoms with E-state index in [9.17, 15) is 0 Å². The van der Waals surface area contributed by atoms with Gasteiger partial charge in [-0.05, 0) is 46.3 Å². The van der Waals surface area contributed by atoms with Crippen molar-refractivity contribution in [2.45, 2.75) is 27.2 Å². The normalized spacial score (nSPS) is 10.8. The number of hydrogen-bond donors (Lipinski definition) is 0. The first-order chi connectivity index (χ1) is 5.61. The molecule has 0 amide bonds. The van der Waals surface area contributed by atoms with E-state index in [1.807, 2.05) is 12.4 Å². The first-order valence-electron chi connectivity index (χ1n) is 4.20. The van der Waals surface area contributed by atoms with Gasteiger partial charge in [0.25, 0.3) is 0 Å². The van der Waals surface area contributed by atoms with Crippen molar-refractivity contribution in [1.29, 1.82) is 0 Å². The van der Waals surface area contributed by atoms with Crippen molar-refractivity contribution in [3.05, 3.63) is 28.0 Å². The van der Waals surface area contributed by atoms with Crippen molar-refractivity contribution in [2.75, 3.05) is 0 Å². The zero-order valence-electron chi connectivity index (χ0n) is 7.76. The van der Waals surface area contributed by atoms with Gasteiger partial charge in [-0.1, -0.05) is 13.8 Å². The third-order valence-corrected chi connectivity index (χ3v) is 2.69. The molecule has 0 aliphatic rings. The second-order valence-electron chi connectivity index (χ2n) is 3.50. The molecule has 1 nitrogen and oxygen atoms in total. The third-order valence-electron chi connectivity index (χ3n) is 1.89. The van der Waals surface area contributed by atoms with Gasteiger partial charge in [-0.2, -0.15) is 0 Å². The monoisotopic (exact) mass is 227 g/mol. The maximum atomic E-state index is 4.15. The Morgan fingerprint density at radius 3 is 2.67 bits per heavy atom. The van der Waals surface area contributed by atoms with Gasteiger partial charge in [0.2, 0.25) is 0 Å². The van der Waals surface area contributed by atoms with Crippen LogP contribution in [-0.4, -0.2) is 4.98 Å². The molecule has 0 aliphatic carbocycles. The molecule has 1 aromatic rings. The summed E-state index contributed by atoms with van der Waals surface area (Å²) < 4.78 is 1.11. The molecule has 1 rings (SSSR count). The lowest BCUT2D eigenvalue weighted by Crippen LogP contribution is -1.98. The molecule has 0 aromatic carbocycles. The molecule has 0 radical (unpaired) electrons. The van der Waals surface area contributed by atoms with Crippen molar-refractivity contribution in [3.63, 3.8) is 0 Å². The quantitative estimate of drug-likeness (QED) is 0.756. The molecule has 0 N–H and O–H groups in total. The van der Waals surface area contributed by atoms with Crippen molar-refractivity contribution in [2.24, 2.45) is 5.92 Å². The van der Waals surface area contributed by atoms with Crippen molar-refractivity contribution < 1.29 is 0 Å². The first kappa shape index (κ1) is 9.72. The topological polar surface area (TPSA) is 12.9 Å². The fourth-order valence-corrected chi connectivity index (χ4v) is 1.56. The van der Waals surface area contributed by atoms with Crippen LogP contribution in [0.1, 0.15) is 25.0 Å². The summed E-state index contributed by atoms with van der Waals surface area (Å²) in [6.45, 7) is 6.57. The van der Waals surface area contributed by atoms with Crippen LogP contribution < -0.4 is 0 Å². The molecule has 0 fully saturated rings. The molecular weight excluding hydrogens is 214 g/mol. The minimum Gasteiger partial charge on any atom is -0.263 e. The van der Waals surface area contributed by atoms with Crippen LogP contribution >= 0.6 is 15.9 Å². The van der Waals surface area contributed by atoms with Crippen LogP contribution in [0.4, 0.5) is 0 Å². The smallest absolute Gasteiger partial charge is 0.0413 e. The minimum absolute atomic E-state index is 0.694. The average Bonchev–Trinajstić information content (AvgIpc) is 1.98. The lowest BCUT2D eigenvalue weighted by Gasteiger charge is -2.08. The molecule has 12 heavy (non-hydrogen) atoms. The maximum Gasteiger partial charge on any atom is 0.0413 e. The zero-order chi connectivity index (χ0) is 9.14. The highest BCUT2D eigenvalue weighted by atomic mass is 79.9. The van der Waals surface area contributed by atoms with Crippen LogP contribution in [0, 0.1) is 12.8 Å². The minimum atomic E-state index is 0.694. The van der Waals surface area contributed by atoms with Crippen LogP contribution in [0.15, 0.2) is 16.9 Å². The number of rotatable bonds is 2. The summed E-state index contributed by atoms with van der Waals surface area (Å²) in [6.07, 6.45) is 4.91. The largest absolute Gasteiger partial charge is 0.263 e. The molecular formula is C10H14BrN. The second kappa shape index (κ2) is 4.04. The zero-order valence-corrected chi connectivity index (χ0v) is 9.35. The van der Waals surface area contributed by atoms with Gasteiger partial charge in [-0.15, -0.1) is 0 Å². The summed E-state index contributed by atoms with van der Waals surface area (Å²) in [6, 6.07) is 0. The van der Waals surface area contributed by atoms with E-state index in [4.69, 9.17) is 0 Å². The summed E-state index contributed by atoms with van der Waals surface area (Å²) in [5.41, 5.74) is 2.66. The van der Waals surface area contributed by atoms with Crippen LogP contribution in [0.5, 0.6) is 0 Å². The highest BCUT2D eigenvalue weighted by Gasteiger charge is 2.03. The van der Waals surface area contributed by atoms with E-state index >= 15 is 0 Å². The number of pyridine rings is 1. The molecule has 0 unspecified atom stereocenters. The van der Waals surface area contributed by atoms with E-state index in [-0.39, 0.29) is 0 Å². The molecule has 1 heterocycles. The molecule has 0 saturated carbocycles. The predicted octanol–water partition coefficient (Wildman–Crippen LogP) is 3.35. The fraction of sp³-hybridized carbons (Fsp3) is 0.500. The van der Waals surface area contributed by atoms with Gasteiger partial charge in [-0.3, -0.25) is 4.98 Å². The van der Waals surface area contributed by atoms with Gasteiger partial charge in [0, 0.05) is 16.9 Å². The first-order valence-corrected chi connectivity index (χ1v) is 4.99. The van der Waals surface area contributed by atoms with Gasteiger partial charge in [0.15, 0.2) is 0 Å². The number of nitrogens with zero attached hydrogens (tertiary/aromatic N) is 1. The van der Waals surface area contributed by atoms with Crippen LogP contribution in [0.2, 0.25) is 0 Å². The molecule has 0 aliphatic heterocycles. The Labute approximate surface area is 82.3 Å². The predicted molar refractivity (Wildman–Crippen MR) is 55.2 cm³/mol. The molecule has 0 spiro atoms. The summed E-state index contributed by atoms with van der Waals surface area (Å²) in [4.78, 5) is 4.15. The Hall–Kier alpha value is -0.370. The Morgan fingerprint density at radius 2 is 2.08 bits per heavy atom. The highest BCUT2D eigenvalue weighted by molar-refractivity contribution is 9.10. The van der Waals surface area contributed by atoms with Crippen LogP contribution in [0.3, 0.4) is 0 Å². The van der Waals surface area contributed by atoms with Gasteiger partial charge in [0.1, 0.15) is 0 Å². The van der Waals surface area contributed by atoms with E-state index in [2.05, 4.69) is 41.7 Å². The van der Waals surface area contributed by atoms with Crippen LogP contribution in [0.25, 0.3) is 0 Å². The van der Waals surface area contributed by atoms with E-state index in [1.165, 1.54) is 11.1 Å². The maximum absolute atomic E-state index is 4.15. The molecule has 2 heteroatoms. The Balaban J connectivity index is 2.92. The summed E-state index contributed by atoms with van der Waals surface area (Å²) in [5.74, 6) is 0.694. The second-order valence-corrected chi connectivity index (χ2v) is 4.36. The number of halogens is 1. The van der Waals surface area contributed by atoms with E-state index < -0.39 is 0 Å². The fourth-order valence-electron chi connectivity index (χ4n) is 1.19. The molecule has 0 atom stereocenters. The summed E-state index contributed by atoms with van der Waals surface area (Å²) in [7, 11) is 0. The highest BCUT2D eigenvalue weighted by Crippen LogP contribution is 2.19. The van der Waals surface area contributed by atoms with Crippen molar-refractivity contribution in [3.8, 4) is 0 Å². The van der Waals surface area contributed by atoms with Gasteiger partial charge < -0.3 is 0 Å². The molecule has 0 saturated heterocycles. The van der Waals surface area contributed by atoms with Crippen molar-refractivity contribution in [1.82, 2.24) is 4.98 Å². The lowest BCUT2D eigenvalue weighted by molar-refractivity contribution is 0.643. The average molecular weight is 228 g/mol. The van der Waals surface area contributed by atoms with Crippen LogP contribution in [-0.2, 0) is 6.42 Å². The van der Waals surface area contributed by atoms with Gasteiger partial charge >= 0.3 is 0 Å². The van der Waals surface area contributed by atoms with E-state index in [0.29, 0.717) is 5.92 Å². The molecule has 0 bridgehead atoms. The Morgan fingerprint density at radius 1 is 1.42 bits per heavy atom. The Kier molecular flexibility index (Phi) is 3.27. The lowest BCUT2D eigenvalue weighted by atomic mass is 10.0. The Bertz CT molecular complexity index is 269. The standard InChI is InChI=1S/C10H14BrN/c1-7(2)4-9-5-12-6-10(11)8(9)3/h5-7H,4H2,1-3H3. The van der Waals surface area contributed by atoms with Gasteiger partial charge in [-0.25, -0.2) is 0 Å². The summed E-state index contributed by atoms with van der Waals surface area (Å²) in [5, 5.41) is 0. The molecule has 1 aromatic heterocycles. The van der Waals surface area contributed by atoms with Gasteiger partial charge in [0.05, 0.1) is 0 Å². The van der Waals surface area contributed by atoms with Crippen molar-refractivity contribution >= 4 is 15.9 Å². The number of hydrogen-bond acceptors (Lipinski definition) is 1. The SMILES string of the molecule is Cc1c(Br)cncc1CC(C)C. The third kappa shape index (κ3) is 2.31. The number of aromatic nitrogens is 1.